The smallest absolute Gasteiger partial charge is 0.251 e. The Labute approximate surface area is 266 Å². The standard InChI is InChI=1S/C37H43N3O5/c1-3-45-37(43)18-16-33(17-19-37)40(35(41)25-28-12-14-34(44-2)15-13-28)27-29-8-6-9-30(24-29)31-10-7-11-32(26-31)36(42)38-20-23-39-21-4-5-22-39/h6-18,24,26,43H,3-5,19-23,25,27H2,1-2H3,(H,38,42). The van der Waals surface area contributed by atoms with Gasteiger partial charge in [0.15, 0.2) is 5.79 Å². The number of methoxy groups -OCH3 is 1. The van der Waals surface area contributed by atoms with Crippen LogP contribution in [0.15, 0.2) is 96.7 Å². The van der Waals surface area contributed by atoms with Gasteiger partial charge in [-0.2, -0.15) is 0 Å². The summed E-state index contributed by atoms with van der Waals surface area (Å²) in [6.07, 6.45) is 8.12. The van der Waals surface area contributed by atoms with E-state index in [0.29, 0.717) is 31.0 Å². The number of amides is 2. The van der Waals surface area contributed by atoms with Gasteiger partial charge in [0.1, 0.15) is 5.75 Å². The summed E-state index contributed by atoms with van der Waals surface area (Å²) >= 11 is 0. The summed E-state index contributed by atoms with van der Waals surface area (Å²) < 4.78 is 10.8. The van der Waals surface area contributed by atoms with Crippen molar-refractivity contribution < 1.29 is 24.2 Å². The fourth-order valence-corrected chi connectivity index (χ4v) is 5.80. The highest BCUT2D eigenvalue weighted by molar-refractivity contribution is 5.95. The Bertz CT molecular complexity index is 1530. The maximum atomic E-state index is 13.8. The van der Waals surface area contributed by atoms with Crippen LogP contribution >= 0.6 is 0 Å². The lowest BCUT2D eigenvalue weighted by Crippen LogP contribution is -2.35. The molecule has 1 saturated heterocycles. The van der Waals surface area contributed by atoms with Gasteiger partial charge in [-0.25, -0.2) is 0 Å². The van der Waals surface area contributed by atoms with E-state index in [-0.39, 0.29) is 24.7 Å². The van der Waals surface area contributed by atoms with Gasteiger partial charge >= 0.3 is 0 Å². The van der Waals surface area contributed by atoms with Gasteiger partial charge in [-0.05, 0) is 97.6 Å². The van der Waals surface area contributed by atoms with Crippen molar-refractivity contribution in [2.24, 2.45) is 0 Å². The number of likely N-dealkylation sites (tertiary alicyclic amines) is 1. The Balaban J connectivity index is 1.32. The van der Waals surface area contributed by atoms with Crippen molar-refractivity contribution in [3.63, 3.8) is 0 Å². The van der Waals surface area contributed by atoms with Crippen molar-refractivity contribution in [1.29, 1.82) is 0 Å². The normalized spacial score (nSPS) is 18.0. The number of carbonyl (C=O) groups excluding carboxylic acids is 2. The van der Waals surface area contributed by atoms with Crippen LogP contribution in [0, 0.1) is 0 Å². The molecule has 0 saturated carbocycles. The van der Waals surface area contributed by atoms with Gasteiger partial charge in [-0.3, -0.25) is 9.59 Å². The van der Waals surface area contributed by atoms with Crippen molar-refractivity contribution in [2.45, 2.75) is 44.9 Å². The molecule has 236 valence electrons. The van der Waals surface area contributed by atoms with Crippen LogP contribution in [-0.2, 0) is 22.5 Å². The van der Waals surface area contributed by atoms with Crippen molar-refractivity contribution in [1.82, 2.24) is 15.1 Å². The molecule has 2 aliphatic rings. The Morgan fingerprint density at radius 2 is 1.71 bits per heavy atom. The first-order valence-corrected chi connectivity index (χ1v) is 15.7. The number of hydrogen-bond donors (Lipinski definition) is 2. The molecule has 3 aromatic rings. The van der Waals surface area contributed by atoms with E-state index >= 15 is 0 Å². The Morgan fingerprint density at radius 3 is 2.40 bits per heavy atom. The second-order valence-electron chi connectivity index (χ2n) is 11.5. The molecule has 1 heterocycles. The summed E-state index contributed by atoms with van der Waals surface area (Å²) in [5.74, 6) is -0.799. The molecule has 2 amide bonds. The number of carbonyl (C=O) groups is 2. The molecule has 1 aliphatic heterocycles. The number of hydrogen-bond acceptors (Lipinski definition) is 6. The third-order valence-corrected chi connectivity index (χ3v) is 8.28. The molecule has 8 heteroatoms. The third kappa shape index (κ3) is 8.69. The summed E-state index contributed by atoms with van der Waals surface area (Å²) in [6.45, 7) is 6.26. The van der Waals surface area contributed by atoms with Crippen LogP contribution in [0.2, 0.25) is 0 Å². The number of nitrogens with one attached hydrogen (secondary N) is 1. The first-order valence-electron chi connectivity index (χ1n) is 15.7. The predicted molar refractivity (Wildman–Crippen MR) is 176 cm³/mol. The Morgan fingerprint density at radius 1 is 0.978 bits per heavy atom. The largest absolute Gasteiger partial charge is 0.497 e. The minimum atomic E-state index is -1.38. The molecule has 5 rings (SSSR count). The summed E-state index contributed by atoms with van der Waals surface area (Å²) in [4.78, 5) is 30.8. The van der Waals surface area contributed by atoms with Crippen LogP contribution in [0.5, 0.6) is 5.75 Å². The number of nitrogens with zero attached hydrogens (tertiary/aromatic N) is 2. The van der Waals surface area contributed by atoms with Crippen molar-refractivity contribution >= 4 is 11.8 Å². The molecule has 0 spiro atoms. The second kappa shape index (κ2) is 15.2. The molecule has 2 N–H and O–H groups in total. The van der Waals surface area contributed by atoms with Crippen LogP contribution in [0.25, 0.3) is 11.1 Å². The number of benzene rings is 3. The van der Waals surface area contributed by atoms with E-state index in [9.17, 15) is 14.7 Å². The molecule has 1 atom stereocenters. The molecule has 0 bridgehead atoms. The van der Waals surface area contributed by atoms with Crippen LogP contribution in [0.3, 0.4) is 0 Å². The molecule has 1 unspecified atom stereocenters. The SMILES string of the molecule is CCOC1(O)C=CC(N(Cc2cccc(-c3cccc(C(=O)NCCN4CCCC4)c3)c2)C(=O)Cc2ccc(OC)cc2)=CC1. The number of rotatable bonds is 13. The monoisotopic (exact) mass is 609 g/mol. The molecule has 0 aromatic heterocycles. The lowest BCUT2D eigenvalue weighted by atomic mass is 9.99. The van der Waals surface area contributed by atoms with Crippen LogP contribution < -0.4 is 10.1 Å². The fourth-order valence-electron chi connectivity index (χ4n) is 5.80. The first kappa shape index (κ1) is 32.2. The van der Waals surface area contributed by atoms with E-state index < -0.39 is 5.79 Å². The van der Waals surface area contributed by atoms with Crippen LogP contribution in [-0.4, -0.2) is 72.4 Å². The second-order valence-corrected chi connectivity index (χ2v) is 11.5. The van der Waals surface area contributed by atoms with E-state index in [2.05, 4.69) is 16.3 Å². The van der Waals surface area contributed by atoms with Crippen LogP contribution in [0.4, 0.5) is 0 Å². The zero-order valence-electron chi connectivity index (χ0n) is 26.2. The van der Waals surface area contributed by atoms with Gasteiger partial charge in [0.2, 0.25) is 5.91 Å². The zero-order valence-corrected chi connectivity index (χ0v) is 26.2. The molecular formula is C37H43N3O5. The van der Waals surface area contributed by atoms with E-state index in [4.69, 9.17) is 9.47 Å². The van der Waals surface area contributed by atoms with E-state index in [1.54, 1.807) is 24.2 Å². The zero-order chi connectivity index (χ0) is 31.6. The highest BCUT2D eigenvalue weighted by Gasteiger charge is 2.28. The van der Waals surface area contributed by atoms with E-state index in [0.717, 1.165) is 47.6 Å². The molecule has 3 aromatic carbocycles. The third-order valence-electron chi connectivity index (χ3n) is 8.28. The van der Waals surface area contributed by atoms with Crippen molar-refractivity contribution in [2.75, 3.05) is 39.9 Å². The average Bonchev–Trinajstić information content (AvgIpc) is 3.58. The average molecular weight is 610 g/mol. The summed E-state index contributed by atoms with van der Waals surface area (Å²) in [5, 5.41) is 13.8. The molecule has 1 aliphatic carbocycles. The maximum Gasteiger partial charge on any atom is 0.251 e. The number of allylic oxidation sites excluding steroid dienone is 1. The number of ether oxygens (including phenoxy) is 2. The first-order chi connectivity index (χ1) is 21.9. The fraction of sp³-hybridized carbons (Fsp3) is 0.351. The highest BCUT2D eigenvalue weighted by Crippen LogP contribution is 2.28. The molecular weight excluding hydrogens is 566 g/mol. The van der Waals surface area contributed by atoms with Crippen molar-refractivity contribution in [3.8, 4) is 16.9 Å². The predicted octanol–water partition coefficient (Wildman–Crippen LogP) is 5.33. The lowest BCUT2D eigenvalue weighted by Gasteiger charge is -2.31. The maximum absolute atomic E-state index is 13.8. The highest BCUT2D eigenvalue weighted by atomic mass is 16.6. The molecule has 45 heavy (non-hydrogen) atoms. The van der Waals surface area contributed by atoms with Gasteiger partial charge in [-0.15, -0.1) is 0 Å². The summed E-state index contributed by atoms with van der Waals surface area (Å²) in [5.41, 5.74) is 5.03. The summed E-state index contributed by atoms with van der Waals surface area (Å²) in [7, 11) is 1.61. The minimum absolute atomic E-state index is 0.0732. The Hall–Kier alpha value is -4.24. The summed E-state index contributed by atoms with van der Waals surface area (Å²) in [6, 6.07) is 23.2. The molecule has 8 nitrogen and oxygen atoms in total. The lowest BCUT2D eigenvalue weighted by molar-refractivity contribution is -0.161. The van der Waals surface area contributed by atoms with Gasteiger partial charge in [0.25, 0.3) is 5.91 Å². The number of aliphatic hydroxyl groups is 1. The van der Waals surface area contributed by atoms with Gasteiger partial charge < -0.3 is 29.7 Å². The van der Waals surface area contributed by atoms with Gasteiger partial charge in [-0.1, -0.05) is 48.5 Å². The molecule has 0 radical (unpaired) electrons. The van der Waals surface area contributed by atoms with Gasteiger partial charge in [0, 0.05) is 37.4 Å². The minimum Gasteiger partial charge on any atom is -0.497 e. The Kier molecular flexibility index (Phi) is 10.8. The molecule has 1 fully saturated rings. The van der Waals surface area contributed by atoms with Crippen LogP contribution in [0.1, 0.15) is 47.7 Å². The van der Waals surface area contributed by atoms with E-state index in [1.165, 1.54) is 12.8 Å². The quantitative estimate of drug-likeness (QED) is 0.255. The van der Waals surface area contributed by atoms with Crippen molar-refractivity contribution in [3.05, 3.63) is 113 Å². The topological polar surface area (TPSA) is 91.3 Å². The van der Waals surface area contributed by atoms with Gasteiger partial charge in [0.05, 0.1) is 20.1 Å². The van der Waals surface area contributed by atoms with E-state index in [1.807, 2.05) is 79.7 Å².